The molecule has 3 aromatic rings. The van der Waals surface area contributed by atoms with Gasteiger partial charge in [0.2, 0.25) is 11.8 Å². The Morgan fingerprint density at radius 2 is 2.00 bits per heavy atom. The first-order valence-corrected chi connectivity index (χ1v) is 10.2. The van der Waals surface area contributed by atoms with Gasteiger partial charge in [-0.15, -0.1) is 0 Å². The number of benzene rings is 1. The predicted octanol–water partition coefficient (Wildman–Crippen LogP) is 3.76. The van der Waals surface area contributed by atoms with Gasteiger partial charge in [-0.2, -0.15) is 10.4 Å². The predicted molar refractivity (Wildman–Crippen MR) is 111 cm³/mol. The van der Waals surface area contributed by atoms with Gasteiger partial charge in [0.1, 0.15) is 17.7 Å². The maximum atomic E-state index is 9.91. The van der Waals surface area contributed by atoms with Crippen molar-refractivity contribution in [3.63, 3.8) is 0 Å². The first-order valence-electron chi connectivity index (χ1n) is 10.2. The van der Waals surface area contributed by atoms with Crippen LogP contribution in [-0.2, 0) is 11.3 Å². The minimum atomic E-state index is -0.336. The summed E-state index contributed by atoms with van der Waals surface area (Å²) in [4.78, 5) is 0. The lowest BCUT2D eigenvalue weighted by molar-refractivity contribution is 0.107. The molecular weight excluding hydrogens is 378 g/mol. The fourth-order valence-electron chi connectivity index (χ4n) is 4.35. The topological polar surface area (TPSA) is 91.0 Å². The Kier molecular flexibility index (Phi) is 4.57. The standard InChI is InChI=1S/C23H23N5O2/c1-2-28-23-20(21(26-28)18-6-5-13-29-18)19(17(14-24)22(25)30-23)15-7-9-16(10-8-15)27-11-3-4-12-27/h3-4,7-12,18-19H,2,5-6,13,25H2,1H3. The molecule has 1 saturated heterocycles. The highest BCUT2D eigenvalue weighted by molar-refractivity contribution is 5.56. The zero-order valence-corrected chi connectivity index (χ0v) is 16.8. The monoisotopic (exact) mass is 401 g/mol. The second kappa shape index (κ2) is 7.39. The van der Waals surface area contributed by atoms with Crippen molar-refractivity contribution in [3.05, 3.63) is 77.1 Å². The third-order valence-corrected chi connectivity index (χ3v) is 5.80. The van der Waals surface area contributed by atoms with Crippen molar-refractivity contribution >= 4 is 0 Å². The number of nitrogens with two attached hydrogens (primary N) is 1. The molecule has 1 fully saturated rings. The quantitative estimate of drug-likeness (QED) is 0.719. The summed E-state index contributed by atoms with van der Waals surface area (Å²) in [6.45, 7) is 3.37. The zero-order chi connectivity index (χ0) is 20.7. The zero-order valence-electron chi connectivity index (χ0n) is 16.8. The fourth-order valence-corrected chi connectivity index (χ4v) is 4.35. The molecule has 0 radical (unpaired) electrons. The van der Waals surface area contributed by atoms with E-state index in [-0.39, 0.29) is 17.9 Å². The first kappa shape index (κ1) is 18.5. The number of fused-ring (bicyclic) bond motifs is 1. The molecule has 0 aliphatic carbocycles. The van der Waals surface area contributed by atoms with Gasteiger partial charge in [0.15, 0.2) is 0 Å². The van der Waals surface area contributed by atoms with Gasteiger partial charge in [0, 0.05) is 31.2 Å². The molecule has 30 heavy (non-hydrogen) atoms. The van der Waals surface area contributed by atoms with E-state index < -0.39 is 0 Å². The van der Waals surface area contributed by atoms with Gasteiger partial charge < -0.3 is 19.8 Å². The van der Waals surface area contributed by atoms with Gasteiger partial charge in [0.25, 0.3) is 0 Å². The molecule has 2 aliphatic rings. The fraction of sp³-hybridized carbons (Fsp3) is 0.304. The number of nitrogens with zero attached hydrogens (tertiary/aromatic N) is 4. The maximum absolute atomic E-state index is 9.91. The summed E-state index contributed by atoms with van der Waals surface area (Å²) in [5.74, 6) is 0.411. The normalized spacial score (nSPS) is 20.7. The summed E-state index contributed by atoms with van der Waals surface area (Å²) in [6.07, 6.45) is 5.82. The Morgan fingerprint density at radius 1 is 1.23 bits per heavy atom. The molecule has 0 amide bonds. The molecule has 4 heterocycles. The van der Waals surface area contributed by atoms with E-state index in [2.05, 4.69) is 6.07 Å². The summed E-state index contributed by atoms with van der Waals surface area (Å²) in [5, 5.41) is 14.7. The summed E-state index contributed by atoms with van der Waals surface area (Å²) in [6, 6.07) is 14.4. The molecule has 5 rings (SSSR count). The summed E-state index contributed by atoms with van der Waals surface area (Å²) in [5.41, 5.74) is 10.4. The van der Waals surface area contributed by atoms with E-state index in [9.17, 15) is 5.26 Å². The summed E-state index contributed by atoms with van der Waals surface area (Å²) < 4.78 is 15.7. The van der Waals surface area contributed by atoms with Crippen molar-refractivity contribution in [1.82, 2.24) is 14.3 Å². The number of allylic oxidation sites excluding steroid dienone is 1. The highest BCUT2D eigenvalue weighted by Crippen LogP contribution is 2.47. The molecule has 0 saturated carbocycles. The van der Waals surface area contributed by atoms with Crippen LogP contribution in [0.3, 0.4) is 0 Å². The van der Waals surface area contributed by atoms with Crippen LogP contribution < -0.4 is 10.5 Å². The van der Waals surface area contributed by atoms with Crippen LogP contribution in [0.1, 0.15) is 48.6 Å². The van der Waals surface area contributed by atoms with Gasteiger partial charge in [-0.05, 0) is 49.6 Å². The molecule has 2 unspecified atom stereocenters. The van der Waals surface area contributed by atoms with Crippen molar-refractivity contribution < 1.29 is 9.47 Å². The molecule has 0 spiro atoms. The number of hydrogen-bond donors (Lipinski definition) is 1. The number of aryl methyl sites for hydroxylation is 1. The molecular formula is C23H23N5O2. The molecule has 1 aromatic carbocycles. The Balaban J connectivity index is 1.65. The molecule has 0 bridgehead atoms. The summed E-state index contributed by atoms with van der Waals surface area (Å²) >= 11 is 0. The van der Waals surface area contributed by atoms with Crippen LogP contribution in [0.5, 0.6) is 5.88 Å². The SMILES string of the molecule is CCn1nc(C2CCCO2)c2c1OC(N)=C(C#N)C2c1ccc(-n2cccc2)cc1. The number of ether oxygens (including phenoxy) is 2. The van der Waals surface area contributed by atoms with Crippen molar-refractivity contribution in [1.29, 1.82) is 5.26 Å². The lowest BCUT2D eigenvalue weighted by Crippen LogP contribution is -2.22. The smallest absolute Gasteiger partial charge is 0.224 e. The molecule has 2 N–H and O–H groups in total. The molecule has 2 aromatic heterocycles. The number of rotatable bonds is 4. The second-order valence-electron chi connectivity index (χ2n) is 7.53. The van der Waals surface area contributed by atoms with E-state index in [0.717, 1.165) is 42.0 Å². The average Bonchev–Trinajstić information content (AvgIpc) is 3.53. The van der Waals surface area contributed by atoms with Crippen LogP contribution in [0.2, 0.25) is 0 Å². The Bertz CT molecular complexity index is 1130. The summed E-state index contributed by atoms with van der Waals surface area (Å²) in [7, 11) is 0. The van der Waals surface area contributed by atoms with E-state index in [1.54, 1.807) is 0 Å². The number of hydrogen-bond acceptors (Lipinski definition) is 5. The number of nitriles is 1. The van der Waals surface area contributed by atoms with Gasteiger partial charge in [0.05, 0.1) is 17.2 Å². The third-order valence-electron chi connectivity index (χ3n) is 5.80. The van der Waals surface area contributed by atoms with Crippen molar-refractivity contribution in [2.75, 3.05) is 6.61 Å². The molecule has 7 nitrogen and oxygen atoms in total. The molecule has 152 valence electrons. The Hall–Kier alpha value is -3.50. The van der Waals surface area contributed by atoms with Crippen LogP contribution in [0.25, 0.3) is 5.69 Å². The van der Waals surface area contributed by atoms with Crippen LogP contribution in [0.15, 0.2) is 60.2 Å². The van der Waals surface area contributed by atoms with Gasteiger partial charge in [-0.25, -0.2) is 4.68 Å². The van der Waals surface area contributed by atoms with E-state index in [4.69, 9.17) is 20.3 Å². The largest absolute Gasteiger partial charge is 0.422 e. The Morgan fingerprint density at radius 3 is 2.63 bits per heavy atom. The Labute approximate surface area is 174 Å². The lowest BCUT2D eigenvalue weighted by Gasteiger charge is -2.26. The third kappa shape index (κ3) is 2.88. The van der Waals surface area contributed by atoms with E-state index in [0.29, 0.717) is 18.0 Å². The van der Waals surface area contributed by atoms with Crippen LogP contribution in [0.4, 0.5) is 0 Å². The molecule has 2 aliphatic heterocycles. The van der Waals surface area contributed by atoms with Gasteiger partial charge >= 0.3 is 0 Å². The van der Waals surface area contributed by atoms with Crippen LogP contribution >= 0.6 is 0 Å². The van der Waals surface area contributed by atoms with Crippen LogP contribution in [0, 0.1) is 11.3 Å². The number of aromatic nitrogens is 3. The van der Waals surface area contributed by atoms with E-state index in [1.807, 2.05) is 65.0 Å². The van der Waals surface area contributed by atoms with Gasteiger partial charge in [-0.1, -0.05) is 12.1 Å². The highest BCUT2D eigenvalue weighted by Gasteiger charge is 2.39. The average molecular weight is 401 g/mol. The first-order chi connectivity index (χ1) is 14.7. The van der Waals surface area contributed by atoms with Crippen LogP contribution in [-0.4, -0.2) is 21.0 Å². The molecule has 7 heteroatoms. The minimum absolute atomic E-state index is 0.0870. The van der Waals surface area contributed by atoms with E-state index in [1.165, 1.54) is 0 Å². The van der Waals surface area contributed by atoms with Gasteiger partial charge in [-0.3, -0.25) is 0 Å². The van der Waals surface area contributed by atoms with E-state index >= 15 is 0 Å². The maximum Gasteiger partial charge on any atom is 0.224 e. The lowest BCUT2D eigenvalue weighted by atomic mass is 9.83. The minimum Gasteiger partial charge on any atom is -0.422 e. The highest BCUT2D eigenvalue weighted by atomic mass is 16.5. The van der Waals surface area contributed by atoms with Crippen molar-refractivity contribution in [3.8, 4) is 17.6 Å². The molecule has 2 atom stereocenters. The van der Waals surface area contributed by atoms with Crippen molar-refractivity contribution in [2.45, 2.75) is 38.3 Å². The second-order valence-corrected chi connectivity index (χ2v) is 7.53. The van der Waals surface area contributed by atoms with Crippen molar-refractivity contribution in [2.24, 2.45) is 5.73 Å².